The van der Waals surface area contributed by atoms with Gasteiger partial charge in [-0.2, -0.15) is 5.10 Å². The van der Waals surface area contributed by atoms with Crippen LogP contribution in [0.1, 0.15) is 11.1 Å². The van der Waals surface area contributed by atoms with Gasteiger partial charge in [0, 0.05) is 22.8 Å². The first-order valence-corrected chi connectivity index (χ1v) is 7.50. The second kappa shape index (κ2) is 5.21. The number of H-pyrrole nitrogens is 1. The molecule has 0 saturated carbocycles. The molecule has 18 heavy (non-hydrogen) atoms. The van der Waals surface area contributed by atoms with Crippen molar-refractivity contribution in [2.75, 3.05) is 0 Å². The molecule has 1 aromatic heterocycles. The van der Waals surface area contributed by atoms with Crippen molar-refractivity contribution in [1.82, 2.24) is 14.9 Å². The summed E-state index contributed by atoms with van der Waals surface area (Å²) in [5.41, 5.74) is 1.78. The minimum absolute atomic E-state index is 0.207. The molecule has 5 nitrogen and oxygen atoms in total. The molecule has 2 rings (SSSR count). The Hall–Kier alpha value is -1.18. The van der Waals surface area contributed by atoms with Crippen LogP contribution in [0.5, 0.6) is 0 Å². The zero-order valence-corrected chi connectivity index (χ0v) is 12.0. The number of aromatic nitrogens is 2. The van der Waals surface area contributed by atoms with Gasteiger partial charge in [-0.15, -0.1) is 0 Å². The van der Waals surface area contributed by atoms with Crippen molar-refractivity contribution < 1.29 is 8.42 Å². The van der Waals surface area contributed by atoms with E-state index >= 15 is 0 Å². The van der Waals surface area contributed by atoms with E-state index in [9.17, 15) is 8.42 Å². The summed E-state index contributed by atoms with van der Waals surface area (Å²) in [4.78, 5) is 0.233. The molecule has 0 aliphatic heterocycles. The maximum absolute atomic E-state index is 12.1. The second-order valence-electron chi connectivity index (χ2n) is 3.86. The largest absolute Gasteiger partial charge is 0.285 e. The fourth-order valence-corrected chi connectivity index (χ4v) is 3.66. The quantitative estimate of drug-likeness (QED) is 0.900. The van der Waals surface area contributed by atoms with Crippen LogP contribution in [0.15, 0.2) is 40.0 Å². The van der Waals surface area contributed by atoms with Gasteiger partial charge in [-0.05, 0) is 40.5 Å². The molecular formula is C11H12BrN3O2S. The normalized spacial score (nSPS) is 11.7. The molecule has 0 radical (unpaired) electrons. The van der Waals surface area contributed by atoms with Crippen LogP contribution in [0.25, 0.3) is 0 Å². The number of hydrogen-bond acceptors (Lipinski definition) is 3. The predicted octanol–water partition coefficient (Wildman–Crippen LogP) is 1.96. The van der Waals surface area contributed by atoms with Crippen LogP contribution in [0.4, 0.5) is 0 Å². The number of sulfonamides is 1. The summed E-state index contributed by atoms with van der Waals surface area (Å²) in [7, 11) is -3.52. The van der Waals surface area contributed by atoms with Gasteiger partial charge in [-0.1, -0.05) is 6.07 Å². The van der Waals surface area contributed by atoms with E-state index in [0.717, 1.165) is 11.1 Å². The zero-order chi connectivity index (χ0) is 13.2. The first-order valence-electron chi connectivity index (χ1n) is 5.22. The van der Waals surface area contributed by atoms with Crippen LogP contribution >= 0.6 is 15.9 Å². The summed E-state index contributed by atoms with van der Waals surface area (Å²) >= 11 is 3.26. The molecule has 1 heterocycles. The molecule has 7 heteroatoms. The van der Waals surface area contributed by atoms with Crippen molar-refractivity contribution in [3.8, 4) is 0 Å². The van der Waals surface area contributed by atoms with Crippen molar-refractivity contribution >= 4 is 26.0 Å². The third-order valence-corrected chi connectivity index (χ3v) is 4.78. The lowest BCUT2D eigenvalue weighted by Crippen LogP contribution is -2.23. The average Bonchev–Trinajstić information content (AvgIpc) is 2.78. The van der Waals surface area contributed by atoms with E-state index < -0.39 is 10.0 Å². The number of nitrogens with zero attached hydrogens (tertiary/aromatic N) is 1. The summed E-state index contributed by atoms with van der Waals surface area (Å²) in [6.07, 6.45) is 3.22. The highest BCUT2D eigenvalue weighted by atomic mass is 79.9. The topological polar surface area (TPSA) is 74.8 Å². The molecule has 2 N–H and O–H groups in total. The summed E-state index contributed by atoms with van der Waals surface area (Å²) in [5.74, 6) is 0. The monoisotopic (exact) mass is 329 g/mol. The SMILES string of the molecule is Cc1ccc(S(=O)(=O)NCc2cn[nH]c2)c(Br)c1. The smallest absolute Gasteiger partial charge is 0.241 e. The van der Waals surface area contributed by atoms with Crippen LogP contribution in [0.2, 0.25) is 0 Å². The summed E-state index contributed by atoms with van der Waals surface area (Å²) in [6.45, 7) is 2.11. The van der Waals surface area contributed by atoms with Crippen LogP contribution in [-0.2, 0) is 16.6 Å². The Balaban J connectivity index is 2.20. The van der Waals surface area contributed by atoms with Gasteiger partial charge in [0.05, 0.1) is 11.1 Å². The molecule has 0 saturated heterocycles. The van der Waals surface area contributed by atoms with E-state index in [0.29, 0.717) is 4.47 Å². The molecule has 1 aromatic carbocycles. The molecule has 2 aromatic rings. The van der Waals surface area contributed by atoms with Gasteiger partial charge < -0.3 is 0 Å². The van der Waals surface area contributed by atoms with Crippen molar-refractivity contribution in [2.45, 2.75) is 18.4 Å². The van der Waals surface area contributed by atoms with Gasteiger partial charge in [-0.3, -0.25) is 5.10 Å². The highest BCUT2D eigenvalue weighted by molar-refractivity contribution is 9.10. The molecule has 0 fully saturated rings. The molecule has 0 spiro atoms. The Bertz CT molecular complexity index is 638. The molecule has 0 atom stereocenters. The van der Waals surface area contributed by atoms with Gasteiger partial charge in [0.2, 0.25) is 10.0 Å². The maximum Gasteiger partial charge on any atom is 0.241 e. The van der Waals surface area contributed by atoms with Gasteiger partial charge in [0.25, 0.3) is 0 Å². The van der Waals surface area contributed by atoms with Crippen molar-refractivity contribution in [2.24, 2.45) is 0 Å². The highest BCUT2D eigenvalue weighted by Crippen LogP contribution is 2.22. The number of benzene rings is 1. The number of nitrogens with one attached hydrogen (secondary N) is 2. The molecule has 0 amide bonds. The Morgan fingerprint density at radius 2 is 2.22 bits per heavy atom. The minimum atomic E-state index is -3.52. The predicted molar refractivity (Wildman–Crippen MR) is 71.5 cm³/mol. The second-order valence-corrected chi connectivity index (χ2v) is 6.45. The zero-order valence-electron chi connectivity index (χ0n) is 9.64. The number of rotatable bonds is 4. The number of aromatic amines is 1. The average molecular weight is 330 g/mol. The lowest BCUT2D eigenvalue weighted by molar-refractivity contribution is 0.581. The number of aryl methyl sites for hydroxylation is 1. The van der Waals surface area contributed by atoms with Crippen LogP contribution in [0, 0.1) is 6.92 Å². The van der Waals surface area contributed by atoms with E-state index in [1.807, 2.05) is 6.92 Å². The number of halogens is 1. The van der Waals surface area contributed by atoms with Gasteiger partial charge in [-0.25, -0.2) is 13.1 Å². The highest BCUT2D eigenvalue weighted by Gasteiger charge is 2.17. The van der Waals surface area contributed by atoms with Crippen LogP contribution in [0.3, 0.4) is 0 Å². The lowest BCUT2D eigenvalue weighted by atomic mass is 10.2. The van der Waals surface area contributed by atoms with Gasteiger partial charge >= 0.3 is 0 Å². The molecular weight excluding hydrogens is 318 g/mol. The van der Waals surface area contributed by atoms with E-state index in [-0.39, 0.29) is 11.4 Å². The lowest BCUT2D eigenvalue weighted by Gasteiger charge is -2.08. The molecule has 0 aliphatic carbocycles. The van der Waals surface area contributed by atoms with E-state index in [4.69, 9.17) is 0 Å². The molecule has 0 unspecified atom stereocenters. The Morgan fingerprint density at radius 1 is 1.44 bits per heavy atom. The first-order chi connectivity index (χ1) is 8.49. The standard InChI is InChI=1S/C11H12BrN3O2S/c1-8-2-3-11(10(12)4-8)18(16,17)15-7-9-5-13-14-6-9/h2-6,15H,7H2,1H3,(H,13,14). The van der Waals surface area contributed by atoms with Gasteiger partial charge in [0.1, 0.15) is 0 Å². The van der Waals surface area contributed by atoms with E-state index in [1.54, 1.807) is 30.6 Å². The number of hydrogen-bond donors (Lipinski definition) is 2. The fourth-order valence-electron chi connectivity index (χ4n) is 1.45. The van der Waals surface area contributed by atoms with Crippen molar-refractivity contribution in [3.05, 3.63) is 46.2 Å². The van der Waals surface area contributed by atoms with Gasteiger partial charge in [0.15, 0.2) is 0 Å². The molecule has 0 aliphatic rings. The fraction of sp³-hybridized carbons (Fsp3) is 0.182. The summed E-state index contributed by atoms with van der Waals surface area (Å²) < 4.78 is 27.3. The Morgan fingerprint density at radius 3 is 2.83 bits per heavy atom. The first kappa shape index (κ1) is 13.3. The molecule has 96 valence electrons. The summed E-state index contributed by atoms with van der Waals surface area (Å²) in [6, 6.07) is 5.11. The minimum Gasteiger partial charge on any atom is -0.285 e. The van der Waals surface area contributed by atoms with Crippen LogP contribution < -0.4 is 4.72 Å². The third kappa shape index (κ3) is 2.98. The third-order valence-electron chi connectivity index (χ3n) is 2.40. The van der Waals surface area contributed by atoms with Crippen molar-refractivity contribution in [3.63, 3.8) is 0 Å². The maximum atomic E-state index is 12.1. The van der Waals surface area contributed by atoms with Crippen LogP contribution in [-0.4, -0.2) is 18.6 Å². The molecule has 0 bridgehead atoms. The summed E-state index contributed by atoms with van der Waals surface area (Å²) in [5, 5.41) is 6.39. The Kier molecular flexibility index (Phi) is 3.84. The van der Waals surface area contributed by atoms with E-state index in [1.165, 1.54) is 0 Å². The van der Waals surface area contributed by atoms with E-state index in [2.05, 4.69) is 30.8 Å². The Labute approximate surface area is 114 Å². The van der Waals surface area contributed by atoms with Crippen molar-refractivity contribution in [1.29, 1.82) is 0 Å².